The Labute approximate surface area is 158 Å². The lowest BCUT2D eigenvalue weighted by Crippen LogP contribution is -2.32. The molecule has 5 rings (SSSR count). The van der Waals surface area contributed by atoms with E-state index in [0.29, 0.717) is 12.0 Å². The van der Waals surface area contributed by atoms with Crippen LogP contribution in [-0.2, 0) is 13.0 Å². The maximum absolute atomic E-state index is 13.3. The largest absolute Gasteiger partial charge is 0.341 e. The molecule has 2 aliphatic rings. The molecule has 1 aliphatic heterocycles. The molecule has 2 aromatic carbocycles. The SMILES string of the molecule is CN1CCc2c(c3cc(Cl)ccc3n2C2CCC2c2ccc(F)cc2)C1. The van der Waals surface area contributed by atoms with Crippen LogP contribution in [0.25, 0.3) is 10.9 Å². The number of rotatable bonds is 2. The van der Waals surface area contributed by atoms with Gasteiger partial charge in [-0.3, -0.25) is 0 Å². The average molecular weight is 369 g/mol. The quantitative estimate of drug-likeness (QED) is 0.576. The first kappa shape index (κ1) is 16.3. The summed E-state index contributed by atoms with van der Waals surface area (Å²) in [6.45, 7) is 2.07. The first-order valence-electron chi connectivity index (χ1n) is 9.37. The van der Waals surface area contributed by atoms with Crippen molar-refractivity contribution in [2.45, 2.75) is 37.8 Å². The van der Waals surface area contributed by atoms with E-state index in [9.17, 15) is 4.39 Å². The van der Waals surface area contributed by atoms with E-state index in [0.717, 1.165) is 31.0 Å². The lowest BCUT2D eigenvalue weighted by atomic mass is 9.74. The Balaban J connectivity index is 1.64. The summed E-state index contributed by atoms with van der Waals surface area (Å²) in [6.07, 6.45) is 3.42. The molecule has 0 N–H and O–H groups in total. The van der Waals surface area contributed by atoms with Crippen LogP contribution in [0.2, 0.25) is 5.02 Å². The molecular weight excluding hydrogens is 347 g/mol. The Bertz CT molecular complexity index is 976. The van der Waals surface area contributed by atoms with Crippen LogP contribution in [-0.4, -0.2) is 23.1 Å². The standard InChI is InChI=1S/C22H22ClFN2/c1-25-11-10-22-19(13-25)18-12-15(23)4-8-21(18)26(22)20-9-7-17(20)14-2-5-16(24)6-3-14/h2-6,8,12,17,20H,7,9-11,13H2,1H3. The van der Waals surface area contributed by atoms with Crippen molar-refractivity contribution >= 4 is 22.5 Å². The van der Waals surface area contributed by atoms with E-state index in [1.165, 1.54) is 34.1 Å². The van der Waals surface area contributed by atoms with E-state index in [1.807, 2.05) is 18.2 Å². The fourth-order valence-corrected chi connectivity index (χ4v) is 4.94. The van der Waals surface area contributed by atoms with Gasteiger partial charge in [0.15, 0.2) is 0 Å². The van der Waals surface area contributed by atoms with Gasteiger partial charge in [-0.25, -0.2) is 4.39 Å². The van der Waals surface area contributed by atoms with Crippen molar-refractivity contribution in [2.75, 3.05) is 13.6 Å². The minimum atomic E-state index is -0.161. The number of benzene rings is 2. The molecular formula is C22H22ClFN2. The predicted octanol–water partition coefficient (Wildman–Crippen LogP) is 5.54. The molecule has 3 aromatic rings. The van der Waals surface area contributed by atoms with Crippen LogP contribution in [0, 0.1) is 5.82 Å². The van der Waals surface area contributed by atoms with Gasteiger partial charge in [-0.15, -0.1) is 0 Å². The first-order valence-corrected chi connectivity index (χ1v) is 9.75. The van der Waals surface area contributed by atoms with E-state index in [2.05, 4.69) is 28.6 Å². The Kier molecular flexibility index (Phi) is 3.84. The van der Waals surface area contributed by atoms with Crippen LogP contribution < -0.4 is 0 Å². The lowest BCUT2D eigenvalue weighted by molar-refractivity contribution is 0.247. The van der Waals surface area contributed by atoms with Crippen LogP contribution in [0.1, 0.15) is 41.6 Å². The summed E-state index contributed by atoms with van der Waals surface area (Å²) >= 11 is 6.32. The van der Waals surface area contributed by atoms with Crippen molar-refractivity contribution in [3.05, 3.63) is 70.1 Å². The third-order valence-corrected chi connectivity index (χ3v) is 6.44. The molecule has 0 bridgehead atoms. The maximum Gasteiger partial charge on any atom is 0.123 e. The second kappa shape index (κ2) is 6.11. The zero-order valence-electron chi connectivity index (χ0n) is 14.9. The zero-order valence-corrected chi connectivity index (χ0v) is 15.6. The molecule has 134 valence electrons. The molecule has 26 heavy (non-hydrogen) atoms. The van der Waals surface area contributed by atoms with Crippen LogP contribution in [0.3, 0.4) is 0 Å². The van der Waals surface area contributed by atoms with Gasteiger partial charge in [-0.2, -0.15) is 0 Å². The van der Waals surface area contributed by atoms with Crippen LogP contribution in [0.5, 0.6) is 0 Å². The first-order chi connectivity index (χ1) is 12.6. The monoisotopic (exact) mass is 368 g/mol. The summed E-state index contributed by atoms with van der Waals surface area (Å²) in [4.78, 5) is 2.38. The van der Waals surface area contributed by atoms with Gasteiger partial charge in [-0.1, -0.05) is 23.7 Å². The van der Waals surface area contributed by atoms with Crippen molar-refractivity contribution in [2.24, 2.45) is 0 Å². The van der Waals surface area contributed by atoms with Crippen LogP contribution in [0.15, 0.2) is 42.5 Å². The van der Waals surface area contributed by atoms with Crippen LogP contribution in [0.4, 0.5) is 4.39 Å². The highest BCUT2D eigenvalue weighted by Gasteiger charge is 2.37. The van der Waals surface area contributed by atoms with E-state index in [1.54, 1.807) is 12.1 Å². The van der Waals surface area contributed by atoms with Crippen molar-refractivity contribution in [3.8, 4) is 0 Å². The second-order valence-electron chi connectivity index (χ2n) is 7.75. The normalized spacial score (nSPS) is 23.0. The fraction of sp³-hybridized carbons (Fsp3) is 0.364. The van der Waals surface area contributed by atoms with Gasteiger partial charge in [0.2, 0.25) is 0 Å². The third kappa shape index (κ3) is 2.49. The van der Waals surface area contributed by atoms with Crippen molar-refractivity contribution < 1.29 is 4.39 Å². The summed E-state index contributed by atoms with van der Waals surface area (Å²) in [6, 6.07) is 13.8. The molecule has 1 fully saturated rings. The van der Waals surface area contributed by atoms with Crippen molar-refractivity contribution in [1.82, 2.24) is 9.47 Å². The molecule has 1 saturated carbocycles. The van der Waals surface area contributed by atoms with E-state index >= 15 is 0 Å². The molecule has 0 saturated heterocycles. The minimum Gasteiger partial charge on any atom is -0.341 e. The Morgan fingerprint density at radius 1 is 1.08 bits per heavy atom. The summed E-state index contributed by atoms with van der Waals surface area (Å²) in [5.41, 5.74) is 5.45. The van der Waals surface area contributed by atoms with Gasteiger partial charge in [0.1, 0.15) is 5.82 Å². The summed E-state index contributed by atoms with van der Waals surface area (Å²) in [7, 11) is 2.18. The van der Waals surface area contributed by atoms with E-state index in [4.69, 9.17) is 11.6 Å². The molecule has 2 heterocycles. The van der Waals surface area contributed by atoms with Gasteiger partial charge in [0.05, 0.1) is 0 Å². The number of halogens is 2. The lowest BCUT2D eigenvalue weighted by Gasteiger charge is -2.40. The average Bonchev–Trinajstić information content (AvgIpc) is 2.89. The number of hydrogen-bond acceptors (Lipinski definition) is 1. The molecule has 2 nitrogen and oxygen atoms in total. The summed E-state index contributed by atoms with van der Waals surface area (Å²) in [5, 5.41) is 2.10. The van der Waals surface area contributed by atoms with Crippen molar-refractivity contribution in [3.63, 3.8) is 0 Å². The molecule has 1 aliphatic carbocycles. The third-order valence-electron chi connectivity index (χ3n) is 6.21. The highest BCUT2D eigenvalue weighted by atomic mass is 35.5. The fourth-order valence-electron chi connectivity index (χ4n) is 4.77. The maximum atomic E-state index is 13.3. The molecule has 1 aromatic heterocycles. The smallest absolute Gasteiger partial charge is 0.123 e. The van der Waals surface area contributed by atoms with Crippen molar-refractivity contribution in [1.29, 1.82) is 0 Å². The minimum absolute atomic E-state index is 0.161. The number of hydrogen-bond donors (Lipinski definition) is 0. The number of aromatic nitrogens is 1. The Morgan fingerprint density at radius 3 is 2.62 bits per heavy atom. The second-order valence-corrected chi connectivity index (χ2v) is 8.18. The summed E-state index contributed by atoms with van der Waals surface area (Å²) in [5.74, 6) is 0.303. The number of fused-ring (bicyclic) bond motifs is 3. The van der Waals surface area contributed by atoms with E-state index in [-0.39, 0.29) is 5.82 Å². The van der Waals surface area contributed by atoms with Gasteiger partial charge in [0, 0.05) is 53.1 Å². The highest BCUT2D eigenvalue weighted by Crippen LogP contribution is 2.49. The molecule has 0 amide bonds. The number of nitrogens with zero attached hydrogens (tertiary/aromatic N) is 2. The predicted molar refractivity (Wildman–Crippen MR) is 104 cm³/mol. The molecule has 0 radical (unpaired) electrons. The Morgan fingerprint density at radius 2 is 1.88 bits per heavy atom. The zero-order chi connectivity index (χ0) is 17.8. The topological polar surface area (TPSA) is 8.17 Å². The van der Waals surface area contributed by atoms with Gasteiger partial charge in [0.25, 0.3) is 0 Å². The van der Waals surface area contributed by atoms with Gasteiger partial charge < -0.3 is 9.47 Å². The molecule has 2 unspecified atom stereocenters. The Hall–Kier alpha value is -1.84. The van der Waals surface area contributed by atoms with Gasteiger partial charge in [-0.05, 0) is 61.3 Å². The number of likely N-dealkylation sites (N-methyl/N-ethyl adjacent to an activating group) is 1. The molecule has 0 spiro atoms. The highest BCUT2D eigenvalue weighted by molar-refractivity contribution is 6.31. The van der Waals surface area contributed by atoms with Crippen LogP contribution >= 0.6 is 11.6 Å². The molecule has 4 heteroatoms. The van der Waals surface area contributed by atoms with Gasteiger partial charge >= 0.3 is 0 Å². The van der Waals surface area contributed by atoms with E-state index < -0.39 is 0 Å². The summed E-state index contributed by atoms with van der Waals surface area (Å²) < 4.78 is 15.9. The molecule has 2 atom stereocenters.